The van der Waals surface area contributed by atoms with Crippen LogP contribution >= 0.6 is 0 Å². The van der Waals surface area contributed by atoms with Gasteiger partial charge in [-0.05, 0) is 54.8 Å². The lowest BCUT2D eigenvalue weighted by Crippen LogP contribution is -2.09. The van der Waals surface area contributed by atoms with Gasteiger partial charge in [-0.3, -0.25) is 14.8 Å². The lowest BCUT2D eigenvalue weighted by atomic mass is 10.00. The van der Waals surface area contributed by atoms with Crippen molar-refractivity contribution in [1.82, 2.24) is 9.97 Å². The summed E-state index contributed by atoms with van der Waals surface area (Å²) in [6.07, 6.45) is 5.45. The van der Waals surface area contributed by atoms with Crippen molar-refractivity contribution >= 4 is 11.5 Å². The van der Waals surface area contributed by atoms with Crippen LogP contribution in [0.2, 0.25) is 0 Å². The molecular weight excluding hydrogens is 322 g/mol. The first-order valence-electron chi connectivity index (χ1n) is 8.63. The van der Waals surface area contributed by atoms with Crippen LogP contribution in [0, 0.1) is 13.8 Å². The standard InChI is InChI=1S/C22H23N3O/c1-15-5-8-19(25(3)4)12-20(15)17-6-7-18(24-13-17)11-22(26)21-14-23-10-9-16(21)2/h5-10,12-14H,11H2,1-4H3. The van der Waals surface area contributed by atoms with E-state index in [9.17, 15) is 4.79 Å². The Labute approximate surface area is 154 Å². The third kappa shape index (κ3) is 3.80. The number of nitrogens with zero attached hydrogens (tertiary/aromatic N) is 3. The average molecular weight is 345 g/mol. The molecule has 0 aliphatic rings. The number of pyridine rings is 2. The minimum atomic E-state index is 0.0432. The van der Waals surface area contributed by atoms with Gasteiger partial charge in [-0.25, -0.2) is 0 Å². The summed E-state index contributed by atoms with van der Waals surface area (Å²) in [5, 5.41) is 0. The van der Waals surface area contributed by atoms with E-state index in [2.05, 4.69) is 40.0 Å². The molecule has 4 heteroatoms. The van der Waals surface area contributed by atoms with Gasteiger partial charge in [0, 0.05) is 55.2 Å². The lowest BCUT2D eigenvalue weighted by molar-refractivity contribution is 0.0991. The smallest absolute Gasteiger partial charge is 0.170 e. The maximum Gasteiger partial charge on any atom is 0.170 e. The molecule has 2 aromatic heterocycles. The van der Waals surface area contributed by atoms with Crippen LogP contribution in [0.5, 0.6) is 0 Å². The van der Waals surface area contributed by atoms with Crippen LogP contribution in [0.25, 0.3) is 11.1 Å². The zero-order valence-electron chi connectivity index (χ0n) is 15.7. The first kappa shape index (κ1) is 17.8. The molecule has 0 unspecified atom stereocenters. The van der Waals surface area contributed by atoms with Crippen LogP contribution in [-0.2, 0) is 6.42 Å². The van der Waals surface area contributed by atoms with Crippen molar-refractivity contribution in [2.45, 2.75) is 20.3 Å². The number of rotatable bonds is 5. The fraction of sp³-hybridized carbons (Fsp3) is 0.227. The van der Waals surface area contributed by atoms with Crippen molar-refractivity contribution < 1.29 is 4.79 Å². The SMILES string of the molecule is Cc1ccncc1C(=O)Cc1ccc(-c2cc(N(C)C)ccc2C)cn1. The quantitative estimate of drug-likeness (QED) is 0.649. The van der Waals surface area contributed by atoms with E-state index in [1.165, 1.54) is 5.56 Å². The Balaban J connectivity index is 1.82. The summed E-state index contributed by atoms with van der Waals surface area (Å²) < 4.78 is 0. The molecule has 3 aromatic rings. The number of hydrogen-bond donors (Lipinski definition) is 0. The van der Waals surface area contributed by atoms with E-state index in [1.54, 1.807) is 12.4 Å². The Morgan fingerprint density at radius 2 is 1.81 bits per heavy atom. The molecule has 0 saturated carbocycles. The second-order valence-corrected chi connectivity index (χ2v) is 6.72. The number of carbonyl (C=O) groups excluding carboxylic acids is 1. The van der Waals surface area contributed by atoms with Gasteiger partial charge in [0.2, 0.25) is 0 Å². The molecule has 0 saturated heterocycles. The number of hydrogen-bond acceptors (Lipinski definition) is 4. The van der Waals surface area contributed by atoms with Crippen LogP contribution in [0.4, 0.5) is 5.69 Å². The Morgan fingerprint density at radius 3 is 2.46 bits per heavy atom. The molecule has 0 atom stereocenters. The zero-order chi connectivity index (χ0) is 18.7. The summed E-state index contributed by atoms with van der Waals surface area (Å²) in [5.74, 6) is 0.0432. The van der Waals surface area contributed by atoms with Crippen molar-refractivity contribution in [2.75, 3.05) is 19.0 Å². The van der Waals surface area contributed by atoms with Crippen molar-refractivity contribution in [3.05, 3.63) is 77.4 Å². The highest BCUT2D eigenvalue weighted by Gasteiger charge is 2.11. The number of benzene rings is 1. The molecule has 0 N–H and O–H groups in total. The van der Waals surface area contributed by atoms with Crippen molar-refractivity contribution in [2.24, 2.45) is 0 Å². The van der Waals surface area contributed by atoms with E-state index in [0.29, 0.717) is 5.56 Å². The largest absolute Gasteiger partial charge is 0.378 e. The average Bonchev–Trinajstić information content (AvgIpc) is 2.63. The normalized spacial score (nSPS) is 10.6. The molecule has 26 heavy (non-hydrogen) atoms. The topological polar surface area (TPSA) is 46.1 Å². The Morgan fingerprint density at radius 1 is 1.00 bits per heavy atom. The van der Waals surface area contributed by atoms with Gasteiger partial charge in [0.05, 0.1) is 6.42 Å². The Hall–Kier alpha value is -3.01. The Bertz CT molecular complexity index is 930. The van der Waals surface area contributed by atoms with Gasteiger partial charge < -0.3 is 4.90 Å². The van der Waals surface area contributed by atoms with Gasteiger partial charge in [-0.15, -0.1) is 0 Å². The van der Waals surface area contributed by atoms with Crippen LogP contribution in [0.15, 0.2) is 55.0 Å². The minimum absolute atomic E-state index is 0.0432. The molecule has 132 valence electrons. The molecule has 0 amide bonds. The van der Waals surface area contributed by atoms with Crippen molar-refractivity contribution in [3.8, 4) is 11.1 Å². The highest BCUT2D eigenvalue weighted by molar-refractivity contribution is 5.98. The van der Waals surface area contributed by atoms with Crippen LogP contribution < -0.4 is 4.90 Å². The molecule has 0 fully saturated rings. The van der Waals surface area contributed by atoms with Crippen LogP contribution in [0.3, 0.4) is 0 Å². The van der Waals surface area contributed by atoms with Gasteiger partial charge in [0.15, 0.2) is 5.78 Å². The van der Waals surface area contributed by atoms with Crippen LogP contribution in [0.1, 0.15) is 27.2 Å². The predicted octanol–water partition coefficient (Wildman–Crippen LogP) is 4.25. The number of ketones is 1. The predicted molar refractivity (Wildman–Crippen MR) is 106 cm³/mol. The van der Waals surface area contributed by atoms with Gasteiger partial charge in [-0.1, -0.05) is 12.1 Å². The molecule has 2 heterocycles. The fourth-order valence-electron chi connectivity index (χ4n) is 2.90. The molecule has 4 nitrogen and oxygen atoms in total. The van der Waals surface area contributed by atoms with E-state index in [0.717, 1.165) is 28.1 Å². The zero-order valence-corrected chi connectivity index (χ0v) is 15.7. The van der Waals surface area contributed by atoms with E-state index in [4.69, 9.17) is 0 Å². The second kappa shape index (κ2) is 7.48. The van der Waals surface area contributed by atoms with E-state index >= 15 is 0 Å². The first-order valence-corrected chi connectivity index (χ1v) is 8.63. The summed E-state index contributed by atoms with van der Waals surface area (Å²) >= 11 is 0. The highest BCUT2D eigenvalue weighted by Crippen LogP contribution is 2.27. The van der Waals surface area contributed by atoms with Crippen molar-refractivity contribution in [1.29, 1.82) is 0 Å². The molecule has 0 aliphatic carbocycles. The van der Waals surface area contributed by atoms with E-state index in [-0.39, 0.29) is 12.2 Å². The molecular formula is C22H23N3O. The maximum absolute atomic E-state index is 12.5. The summed E-state index contributed by atoms with van der Waals surface area (Å²) in [4.78, 5) is 23.1. The monoisotopic (exact) mass is 345 g/mol. The molecule has 0 radical (unpaired) electrons. The summed E-state index contributed by atoms with van der Waals surface area (Å²) in [7, 11) is 4.06. The lowest BCUT2D eigenvalue weighted by Gasteiger charge is -2.15. The van der Waals surface area contributed by atoms with Gasteiger partial charge in [-0.2, -0.15) is 0 Å². The Kier molecular flexibility index (Phi) is 5.12. The number of anilines is 1. The van der Waals surface area contributed by atoms with Gasteiger partial charge >= 0.3 is 0 Å². The summed E-state index contributed by atoms with van der Waals surface area (Å²) in [6, 6.07) is 12.2. The van der Waals surface area contributed by atoms with E-state index in [1.807, 2.05) is 45.4 Å². The van der Waals surface area contributed by atoms with E-state index < -0.39 is 0 Å². The summed E-state index contributed by atoms with van der Waals surface area (Å²) in [6.45, 7) is 4.02. The minimum Gasteiger partial charge on any atom is -0.378 e. The third-order valence-electron chi connectivity index (χ3n) is 4.55. The molecule has 3 rings (SSSR count). The fourth-order valence-corrected chi connectivity index (χ4v) is 2.90. The maximum atomic E-state index is 12.5. The molecule has 1 aromatic carbocycles. The number of carbonyl (C=O) groups is 1. The van der Waals surface area contributed by atoms with Gasteiger partial charge in [0.1, 0.15) is 0 Å². The third-order valence-corrected chi connectivity index (χ3v) is 4.55. The summed E-state index contributed by atoms with van der Waals surface area (Å²) in [5.41, 5.74) is 6.93. The van der Waals surface area contributed by atoms with Crippen molar-refractivity contribution in [3.63, 3.8) is 0 Å². The second-order valence-electron chi connectivity index (χ2n) is 6.72. The molecule has 0 spiro atoms. The number of Topliss-reactive ketones (excluding diaryl/α,β-unsaturated/α-hetero) is 1. The van der Waals surface area contributed by atoms with Crippen LogP contribution in [-0.4, -0.2) is 29.8 Å². The van der Waals surface area contributed by atoms with Gasteiger partial charge in [0.25, 0.3) is 0 Å². The molecule has 0 bridgehead atoms. The molecule has 0 aliphatic heterocycles. The number of aryl methyl sites for hydroxylation is 2. The number of aromatic nitrogens is 2. The highest BCUT2D eigenvalue weighted by atomic mass is 16.1. The first-order chi connectivity index (χ1) is 12.5.